The number of carbonyl (C=O) groups excluding carboxylic acids is 1. The number of hydrogen-bond acceptors (Lipinski definition) is 4. The highest BCUT2D eigenvalue weighted by atomic mass is 32.2. The van der Waals surface area contributed by atoms with Crippen LogP contribution in [0.1, 0.15) is 12.8 Å². The Morgan fingerprint density at radius 3 is 2.68 bits per heavy atom. The van der Waals surface area contributed by atoms with E-state index in [0.29, 0.717) is 26.1 Å². The van der Waals surface area contributed by atoms with Gasteiger partial charge in [0.15, 0.2) is 0 Å². The molecule has 1 amide bonds. The van der Waals surface area contributed by atoms with E-state index in [2.05, 4.69) is 4.90 Å². The van der Waals surface area contributed by atoms with Crippen molar-refractivity contribution in [3.05, 3.63) is 30.1 Å². The summed E-state index contributed by atoms with van der Waals surface area (Å²) in [7, 11) is 0. The first-order valence-corrected chi connectivity index (χ1v) is 8.97. The van der Waals surface area contributed by atoms with Crippen LogP contribution in [0.15, 0.2) is 24.3 Å². The first kappa shape index (κ1) is 17.1. The van der Waals surface area contributed by atoms with Crippen LogP contribution in [-0.2, 0) is 4.79 Å². The lowest BCUT2D eigenvalue weighted by molar-refractivity contribution is -0.140. The summed E-state index contributed by atoms with van der Waals surface area (Å²) in [5.41, 5.74) is 0.971. The van der Waals surface area contributed by atoms with Crippen LogP contribution < -0.4 is 4.90 Å². The molecule has 1 saturated heterocycles. The largest absolute Gasteiger partial charge is 0.383 e. The standard InChI is InChI=1S/C16H23FN2O2S/c1-22-12-7-15(20)16(21)19-9-2-8-18(10-11-19)14-5-3-13(17)4-6-14/h3-6,15,20H,2,7-12H2,1H3/t15-/m1/s1. The van der Waals surface area contributed by atoms with Crippen molar-refractivity contribution in [1.29, 1.82) is 0 Å². The van der Waals surface area contributed by atoms with E-state index in [-0.39, 0.29) is 11.7 Å². The van der Waals surface area contributed by atoms with Gasteiger partial charge in [-0.25, -0.2) is 4.39 Å². The maximum absolute atomic E-state index is 13.0. The summed E-state index contributed by atoms with van der Waals surface area (Å²) in [5, 5.41) is 9.95. The van der Waals surface area contributed by atoms with Crippen molar-refractivity contribution in [3.63, 3.8) is 0 Å². The highest BCUT2D eigenvalue weighted by molar-refractivity contribution is 7.98. The molecular formula is C16H23FN2O2S. The number of halogens is 1. The van der Waals surface area contributed by atoms with Gasteiger partial charge >= 0.3 is 0 Å². The second-order valence-electron chi connectivity index (χ2n) is 5.44. The molecule has 1 N–H and O–H groups in total. The van der Waals surface area contributed by atoms with Gasteiger partial charge in [-0.2, -0.15) is 11.8 Å². The molecule has 6 heteroatoms. The molecule has 2 rings (SSSR count). The van der Waals surface area contributed by atoms with E-state index in [0.717, 1.165) is 24.4 Å². The first-order chi connectivity index (χ1) is 10.6. The Hall–Kier alpha value is -1.27. The number of thioether (sulfide) groups is 1. The van der Waals surface area contributed by atoms with Crippen molar-refractivity contribution in [2.75, 3.05) is 43.1 Å². The number of amides is 1. The summed E-state index contributed by atoms with van der Waals surface area (Å²) in [4.78, 5) is 16.1. The van der Waals surface area contributed by atoms with E-state index in [1.165, 1.54) is 12.1 Å². The number of aliphatic hydroxyl groups excluding tert-OH is 1. The van der Waals surface area contributed by atoms with Gasteiger partial charge in [-0.05, 0) is 49.1 Å². The molecule has 0 bridgehead atoms. The molecule has 0 aromatic heterocycles. The molecule has 0 aliphatic carbocycles. The quantitative estimate of drug-likeness (QED) is 0.899. The van der Waals surface area contributed by atoms with Crippen LogP contribution in [-0.4, -0.2) is 60.2 Å². The summed E-state index contributed by atoms with van der Waals surface area (Å²) in [6.07, 6.45) is 2.41. The molecule has 1 aromatic rings. The van der Waals surface area contributed by atoms with Crippen LogP contribution in [0.25, 0.3) is 0 Å². The van der Waals surface area contributed by atoms with E-state index in [4.69, 9.17) is 0 Å². The predicted molar refractivity (Wildman–Crippen MR) is 88.8 cm³/mol. The highest BCUT2D eigenvalue weighted by Crippen LogP contribution is 2.17. The normalized spacial score (nSPS) is 17.2. The van der Waals surface area contributed by atoms with Crippen molar-refractivity contribution >= 4 is 23.4 Å². The van der Waals surface area contributed by atoms with E-state index in [9.17, 15) is 14.3 Å². The zero-order valence-corrected chi connectivity index (χ0v) is 13.7. The Labute approximate surface area is 135 Å². The van der Waals surface area contributed by atoms with Crippen LogP contribution in [0, 0.1) is 5.82 Å². The molecular weight excluding hydrogens is 303 g/mol. The molecule has 1 aromatic carbocycles. The van der Waals surface area contributed by atoms with E-state index < -0.39 is 6.10 Å². The highest BCUT2D eigenvalue weighted by Gasteiger charge is 2.24. The van der Waals surface area contributed by atoms with Crippen molar-refractivity contribution in [2.24, 2.45) is 0 Å². The minimum absolute atomic E-state index is 0.171. The molecule has 1 aliphatic rings. The number of carbonyl (C=O) groups is 1. The van der Waals surface area contributed by atoms with Crippen LogP contribution in [0.2, 0.25) is 0 Å². The Morgan fingerprint density at radius 2 is 2.00 bits per heavy atom. The molecule has 122 valence electrons. The molecule has 4 nitrogen and oxygen atoms in total. The fourth-order valence-corrected chi connectivity index (χ4v) is 3.07. The molecule has 1 aliphatic heterocycles. The number of hydrogen-bond donors (Lipinski definition) is 1. The third-order valence-corrected chi connectivity index (χ3v) is 4.52. The first-order valence-electron chi connectivity index (χ1n) is 7.58. The van der Waals surface area contributed by atoms with Gasteiger partial charge in [-0.15, -0.1) is 0 Å². The van der Waals surface area contributed by atoms with Gasteiger partial charge < -0.3 is 14.9 Å². The van der Waals surface area contributed by atoms with Crippen molar-refractivity contribution in [3.8, 4) is 0 Å². The lowest BCUT2D eigenvalue weighted by atomic mass is 10.2. The van der Waals surface area contributed by atoms with Crippen LogP contribution in [0.3, 0.4) is 0 Å². The molecule has 1 atom stereocenters. The average molecular weight is 326 g/mol. The Morgan fingerprint density at radius 1 is 1.27 bits per heavy atom. The average Bonchev–Trinajstić information content (AvgIpc) is 2.78. The number of aliphatic hydroxyl groups is 1. The van der Waals surface area contributed by atoms with Crippen LogP contribution in [0.5, 0.6) is 0 Å². The smallest absolute Gasteiger partial charge is 0.251 e. The SMILES string of the molecule is CSCC[C@@H](O)C(=O)N1CCCN(c2ccc(F)cc2)CC1. The van der Waals surface area contributed by atoms with Crippen molar-refractivity contribution in [1.82, 2.24) is 4.90 Å². The minimum Gasteiger partial charge on any atom is -0.383 e. The van der Waals surface area contributed by atoms with Crippen LogP contribution >= 0.6 is 11.8 Å². The molecule has 0 spiro atoms. The summed E-state index contributed by atoms with van der Waals surface area (Å²) >= 11 is 1.63. The van der Waals surface area contributed by atoms with Gasteiger partial charge in [0.05, 0.1) is 0 Å². The van der Waals surface area contributed by atoms with Gasteiger partial charge in [-0.3, -0.25) is 4.79 Å². The van der Waals surface area contributed by atoms with E-state index >= 15 is 0 Å². The van der Waals surface area contributed by atoms with Gasteiger partial charge in [0.2, 0.25) is 0 Å². The van der Waals surface area contributed by atoms with E-state index in [1.54, 1.807) is 28.8 Å². The maximum Gasteiger partial charge on any atom is 0.251 e. The lowest BCUT2D eigenvalue weighted by Crippen LogP contribution is -2.41. The van der Waals surface area contributed by atoms with Crippen molar-refractivity contribution < 1.29 is 14.3 Å². The fourth-order valence-electron chi connectivity index (χ4n) is 2.61. The monoisotopic (exact) mass is 326 g/mol. The molecule has 1 heterocycles. The van der Waals surface area contributed by atoms with Gasteiger partial charge in [-0.1, -0.05) is 0 Å². The lowest BCUT2D eigenvalue weighted by Gasteiger charge is -2.25. The molecule has 0 saturated carbocycles. The second-order valence-corrected chi connectivity index (χ2v) is 6.43. The Bertz CT molecular complexity index is 484. The Balaban J connectivity index is 1.91. The summed E-state index contributed by atoms with van der Waals surface area (Å²) in [6, 6.07) is 6.44. The van der Waals surface area contributed by atoms with E-state index in [1.807, 2.05) is 6.26 Å². The molecule has 1 fully saturated rings. The number of benzene rings is 1. The zero-order valence-electron chi connectivity index (χ0n) is 12.9. The summed E-state index contributed by atoms with van der Waals surface area (Å²) in [5.74, 6) is 0.366. The number of anilines is 1. The fraction of sp³-hybridized carbons (Fsp3) is 0.562. The summed E-state index contributed by atoms with van der Waals surface area (Å²) in [6.45, 7) is 2.78. The predicted octanol–water partition coefficient (Wildman–Crippen LogP) is 1.98. The zero-order chi connectivity index (χ0) is 15.9. The van der Waals surface area contributed by atoms with Crippen molar-refractivity contribution in [2.45, 2.75) is 18.9 Å². The van der Waals surface area contributed by atoms with Gasteiger partial charge in [0, 0.05) is 31.9 Å². The molecule has 22 heavy (non-hydrogen) atoms. The third kappa shape index (κ3) is 4.61. The molecule has 0 unspecified atom stereocenters. The Kier molecular flexibility index (Phi) is 6.51. The number of nitrogens with zero attached hydrogens (tertiary/aromatic N) is 2. The van der Waals surface area contributed by atoms with Gasteiger partial charge in [0.1, 0.15) is 11.9 Å². The second kappa shape index (κ2) is 8.39. The summed E-state index contributed by atoms with van der Waals surface area (Å²) < 4.78 is 13.0. The molecule has 0 radical (unpaired) electrons. The maximum atomic E-state index is 13.0. The van der Waals surface area contributed by atoms with Crippen LogP contribution in [0.4, 0.5) is 10.1 Å². The minimum atomic E-state index is -0.898. The number of rotatable bonds is 5. The third-order valence-electron chi connectivity index (χ3n) is 3.88. The van der Waals surface area contributed by atoms with Gasteiger partial charge in [0.25, 0.3) is 5.91 Å². The topological polar surface area (TPSA) is 43.8 Å².